The number of halogens is 3. The van der Waals surface area contributed by atoms with E-state index >= 15 is 0 Å². The summed E-state index contributed by atoms with van der Waals surface area (Å²) in [5, 5.41) is 9.22. The highest BCUT2D eigenvalue weighted by atomic mass is 19.4. The first-order chi connectivity index (χ1) is 14.9. The third kappa shape index (κ3) is 5.34. The van der Waals surface area contributed by atoms with Crippen LogP contribution in [0.1, 0.15) is 41.7 Å². The van der Waals surface area contributed by atoms with Crippen LogP contribution in [0.4, 0.5) is 19.1 Å². The highest BCUT2D eigenvalue weighted by Gasteiger charge is 2.36. The summed E-state index contributed by atoms with van der Waals surface area (Å²) in [7, 11) is 0. The molecule has 2 fully saturated rings. The van der Waals surface area contributed by atoms with E-state index in [0.29, 0.717) is 32.6 Å². The van der Waals surface area contributed by atoms with Gasteiger partial charge in [0.25, 0.3) is 5.91 Å². The van der Waals surface area contributed by atoms with Crippen molar-refractivity contribution in [3.8, 4) is 11.3 Å². The van der Waals surface area contributed by atoms with Crippen LogP contribution in [0.15, 0.2) is 18.5 Å². The topological polar surface area (TPSA) is 104 Å². The van der Waals surface area contributed by atoms with Gasteiger partial charge < -0.3 is 25.7 Å². The molecule has 1 amide bonds. The number of piperidine rings is 1. The van der Waals surface area contributed by atoms with Crippen molar-refractivity contribution in [2.24, 2.45) is 0 Å². The van der Waals surface area contributed by atoms with Crippen molar-refractivity contribution in [1.29, 1.82) is 0 Å². The second kappa shape index (κ2) is 9.23. The third-order valence-corrected chi connectivity index (χ3v) is 5.48. The molecule has 2 aliphatic rings. The summed E-state index contributed by atoms with van der Waals surface area (Å²) in [5.41, 5.74) is -0.860. The molecule has 0 unspecified atom stereocenters. The summed E-state index contributed by atoms with van der Waals surface area (Å²) >= 11 is 0. The first-order valence-corrected chi connectivity index (χ1v) is 10.4. The second-order valence-corrected chi connectivity index (χ2v) is 7.80. The third-order valence-electron chi connectivity index (χ3n) is 5.48. The Balaban J connectivity index is 1.56. The number of rotatable bonds is 5. The maximum Gasteiger partial charge on any atom is 0.419 e. The molecule has 0 aromatic carbocycles. The van der Waals surface area contributed by atoms with Gasteiger partial charge in [-0.05, 0) is 38.3 Å². The molecule has 4 N–H and O–H groups in total. The predicted molar refractivity (Wildman–Crippen MR) is 108 cm³/mol. The lowest BCUT2D eigenvalue weighted by Crippen LogP contribution is -2.39. The SMILES string of the molecule is O=C(NC1CCOCC1)c1cc(-c2nc(N[C@H]3CCCNC3)ncc2C(F)(F)F)c[nH]1. The molecule has 0 bridgehead atoms. The van der Waals surface area contributed by atoms with Gasteiger partial charge in [0.15, 0.2) is 0 Å². The highest BCUT2D eigenvalue weighted by Crippen LogP contribution is 2.36. The number of ether oxygens (including phenoxy) is 1. The number of nitrogens with zero attached hydrogens (tertiary/aromatic N) is 2. The highest BCUT2D eigenvalue weighted by molar-refractivity contribution is 5.94. The Morgan fingerprint density at radius 2 is 2.00 bits per heavy atom. The average molecular weight is 438 g/mol. The summed E-state index contributed by atoms with van der Waals surface area (Å²) in [6, 6.07) is 1.42. The van der Waals surface area contributed by atoms with E-state index in [1.807, 2.05) is 0 Å². The van der Waals surface area contributed by atoms with Crippen LogP contribution < -0.4 is 16.0 Å². The van der Waals surface area contributed by atoms with Gasteiger partial charge in [0.1, 0.15) is 11.3 Å². The fraction of sp³-hybridized carbons (Fsp3) is 0.550. The van der Waals surface area contributed by atoms with E-state index in [1.165, 1.54) is 12.3 Å². The Labute approximate surface area is 177 Å². The molecule has 11 heteroatoms. The molecule has 8 nitrogen and oxygen atoms in total. The molecule has 2 aromatic rings. The molecular weight excluding hydrogens is 413 g/mol. The van der Waals surface area contributed by atoms with E-state index in [0.717, 1.165) is 25.6 Å². The van der Waals surface area contributed by atoms with Crippen LogP contribution in [0.25, 0.3) is 11.3 Å². The van der Waals surface area contributed by atoms with Crippen LogP contribution in [0, 0.1) is 0 Å². The quantitative estimate of drug-likeness (QED) is 0.572. The van der Waals surface area contributed by atoms with E-state index < -0.39 is 11.7 Å². The first-order valence-electron chi connectivity index (χ1n) is 10.4. The second-order valence-electron chi connectivity index (χ2n) is 7.80. The van der Waals surface area contributed by atoms with Crippen molar-refractivity contribution in [3.63, 3.8) is 0 Å². The summed E-state index contributed by atoms with van der Waals surface area (Å²) in [4.78, 5) is 23.3. The zero-order chi connectivity index (χ0) is 21.8. The number of hydrogen-bond donors (Lipinski definition) is 4. The maximum absolute atomic E-state index is 13.6. The van der Waals surface area contributed by atoms with Crippen LogP contribution in [-0.2, 0) is 10.9 Å². The molecule has 168 valence electrons. The lowest BCUT2D eigenvalue weighted by Gasteiger charge is -2.24. The van der Waals surface area contributed by atoms with Gasteiger partial charge in [-0.15, -0.1) is 0 Å². The van der Waals surface area contributed by atoms with E-state index in [4.69, 9.17) is 4.74 Å². The van der Waals surface area contributed by atoms with Crippen LogP contribution in [0.2, 0.25) is 0 Å². The van der Waals surface area contributed by atoms with Gasteiger partial charge in [-0.3, -0.25) is 4.79 Å². The number of aromatic nitrogens is 3. The minimum absolute atomic E-state index is 0.0160. The Morgan fingerprint density at radius 1 is 1.19 bits per heavy atom. The molecule has 0 aliphatic carbocycles. The smallest absolute Gasteiger partial charge is 0.381 e. The zero-order valence-corrected chi connectivity index (χ0v) is 16.9. The molecule has 0 radical (unpaired) electrons. The van der Waals surface area contributed by atoms with Gasteiger partial charge >= 0.3 is 6.18 Å². The Hall–Kier alpha value is -2.66. The van der Waals surface area contributed by atoms with Crippen molar-refractivity contribution in [2.45, 2.75) is 43.9 Å². The summed E-state index contributed by atoms with van der Waals surface area (Å²) in [5.74, 6) is -0.237. The summed E-state index contributed by atoms with van der Waals surface area (Å²) in [6.45, 7) is 2.76. The van der Waals surface area contributed by atoms with Gasteiger partial charge in [0.05, 0.1) is 5.69 Å². The van der Waals surface area contributed by atoms with Crippen molar-refractivity contribution in [3.05, 3.63) is 29.7 Å². The Kier molecular flexibility index (Phi) is 6.42. The van der Waals surface area contributed by atoms with Crippen LogP contribution in [-0.4, -0.2) is 59.2 Å². The number of hydrogen-bond acceptors (Lipinski definition) is 6. The molecule has 31 heavy (non-hydrogen) atoms. The monoisotopic (exact) mass is 438 g/mol. The van der Waals surface area contributed by atoms with E-state index in [-0.39, 0.29) is 40.9 Å². The number of alkyl halides is 3. The van der Waals surface area contributed by atoms with Crippen LogP contribution >= 0.6 is 0 Å². The number of aromatic amines is 1. The molecule has 1 atom stereocenters. The number of anilines is 1. The molecular formula is C20H25F3N6O2. The number of H-pyrrole nitrogens is 1. The van der Waals surface area contributed by atoms with Crippen LogP contribution in [0.3, 0.4) is 0 Å². The fourth-order valence-electron chi connectivity index (χ4n) is 3.80. The number of nitrogens with one attached hydrogen (secondary N) is 4. The van der Waals surface area contributed by atoms with Gasteiger partial charge in [0.2, 0.25) is 5.95 Å². The van der Waals surface area contributed by atoms with Crippen molar-refractivity contribution in [1.82, 2.24) is 25.6 Å². The molecule has 4 rings (SSSR count). The van der Waals surface area contributed by atoms with Crippen molar-refractivity contribution < 1.29 is 22.7 Å². The predicted octanol–water partition coefficient (Wildman–Crippen LogP) is 2.56. The molecule has 0 spiro atoms. The Bertz CT molecular complexity index is 905. The van der Waals surface area contributed by atoms with Crippen molar-refractivity contribution >= 4 is 11.9 Å². The van der Waals surface area contributed by atoms with Gasteiger partial charge in [-0.25, -0.2) is 9.97 Å². The van der Waals surface area contributed by atoms with E-state index in [1.54, 1.807) is 0 Å². The lowest BCUT2D eigenvalue weighted by atomic mass is 10.1. The molecule has 2 saturated heterocycles. The summed E-state index contributed by atoms with van der Waals surface area (Å²) < 4.78 is 46.0. The Morgan fingerprint density at radius 3 is 2.71 bits per heavy atom. The standard InChI is InChI=1S/C20H25F3N6O2/c21-20(22,23)15-11-26-19(28-14-2-1-5-24-10-14)29-17(15)12-8-16(25-9-12)18(30)27-13-3-6-31-7-4-13/h8-9,11,13-14,24-25H,1-7,10H2,(H,27,30)(H,26,28,29)/t14-/m0/s1. The van der Waals surface area contributed by atoms with Gasteiger partial charge in [-0.2, -0.15) is 13.2 Å². The fourth-order valence-corrected chi connectivity index (χ4v) is 3.80. The number of carbonyl (C=O) groups is 1. The minimum Gasteiger partial charge on any atom is -0.381 e. The van der Waals surface area contributed by atoms with E-state index in [2.05, 4.69) is 30.9 Å². The largest absolute Gasteiger partial charge is 0.419 e. The van der Waals surface area contributed by atoms with Gasteiger partial charge in [-0.1, -0.05) is 0 Å². The molecule has 2 aromatic heterocycles. The van der Waals surface area contributed by atoms with Crippen LogP contribution in [0.5, 0.6) is 0 Å². The minimum atomic E-state index is -4.62. The molecule has 0 saturated carbocycles. The average Bonchev–Trinajstić information content (AvgIpc) is 3.25. The lowest BCUT2D eigenvalue weighted by molar-refractivity contribution is -0.137. The van der Waals surface area contributed by atoms with Gasteiger partial charge in [0, 0.05) is 49.8 Å². The molecule has 2 aliphatic heterocycles. The normalized spacial score (nSPS) is 20.4. The number of carbonyl (C=O) groups excluding carboxylic acids is 1. The molecule has 4 heterocycles. The first kappa shape index (κ1) is 21.6. The van der Waals surface area contributed by atoms with Crippen molar-refractivity contribution in [2.75, 3.05) is 31.6 Å². The zero-order valence-electron chi connectivity index (χ0n) is 16.9. The number of amides is 1. The summed E-state index contributed by atoms with van der Waals surface area (Å²) in [6.07, 6.45) is 0.783. The van der Waals surface area contributed by atoms with E-state index in [9.17, 15) is 18.0 Å². The maximum atomic E-state index is 13.6.